The van der Waals surface area contributed by atoms with Crippen molar-refractivity contribution in [2.45, 2.75) is 38.7 Å². The van der Waals surface area contributed by atoms with Crippen LogP contribution >= 0.6 is 0 Å². The highest BCUT2D eigenvalue weighted by Gasteiger charge is 2.33. The summed E-state index contributed by atoms with van der Waals surface area (Å²) in [4.78, 5) is 18.6. The van der Waals surface area contributed by atoms with Crippen molar-refractivity contribution in [3.05, 3.63) is 29.1 Å². The van der Waals surface area contributed by atoms with E-state index in [-0.39, 0.29) is 17.9 Å². The Morgan fingerprint density at radius 2 is 2.29 bits per heavy atom. The molecule has 0 unspecified atom stereocenters. The number of carbonyl (C=O) groups is 1. The van der Waals surface area contributed by atoms with Crippen molar-refractivity contribution >= 4 is 5.91 Å². The first-order chi connectivity index (χ1) is 11.5. The Morgan fingerprint density at radius 1 is 1.50 bits per heavy atom. The summed E-state index contributed by atoms with van der Waals surface area (Å²) in [6, 6.07) is 0. The number of carbonyl (C=O) groups excluding carboxylic acids is 1. The number of likely N-dealkylation sites (N-methyl/N-ethyl adjacent to an activating group) is 1. The van der Waals surface area contributed by atoms with Crippen LogP contribution in [0, 0.1) is 13.8 Å². The topological polar surface area (TPSA) is 88.9 Å². The van der Waals surface area contributed by atoms with E-state index >= 15 is 0 Å². The smallest absolute Gasteiger partial charge is 0.226 e. The lowest BCUT2D eigenvalue weighted by molar-refractivity contribution is -0.130. The Labute approximate surface area is 141 Å². The van der Waals surface area contributed by atoms with Gasteiger partial charge >= 0.3 is 0 Å². The van der Waals surface area contributed by atoms with E-state index in [2.05, 4.69) is 20.3 Å². The molecule has 1 saturated heterocycles. The fraction of sp³-hybridized carbons (Fsp3) is 0.625. The Kier molecular flexibility index (Phi) is 4.66. The number of aromatic amines is 1. The Bertz CT molecular complexity index is 708. The van der Waals surface area contributed by atoms with Gasteiger partial charge in [0.2, 0.25) is 5.91 Å². The number of amides is 1. The zero-order chi connectivity index (χ0) is 17.3. The van der Waals surface area contributed by atoms with Crippen LogP contribution in [0.1, 0.15) is 35.1 Å². The van der Waals surface area contributed by atoms with E-state index in [0.717, 1.165) is 29.2 Å². The van der Waals surface area contributed by atoms with Gasteiger partial charge in [0.1, 0.15) is 12.2 Å². The number of rotatable bonds is 5. The molecule has 0 aromatic carbocycles. The third-order valence-electron chi connectivity index (χ3n) is 4.86. The van der Waals surface area contributed by atoms with E-state index in [0.29, 0.717) is 19.6 Å². The summed E-state index contributed by atoms with van der Waals surface area (Å²) in [5.74, 6) is 1.06. The minimum Gasteiger partial charge on any atom is -0.376 e. The summed E-state index contributed by atoms with van der Waals surface area (Å²) in [6.45, 7) is 5.15. The Balaban J connectivity index is 1.64. The quantitative estimate of drug-likeness (QED) is 0.872. The highest BCUT2D eigenvalue weighted by atomic mass is 16.5. The van der Waals surface area contributed by atoms with Crippen molar-refractivity contribution in [1.29, 1.82) is 0 Å². The third kappa shape index (κ3) is 3.19. The predicted octanol–water partition coefficient (Wildman–Crippen LogP) is 0.729. The van der Waals surface area contributed by atoms with Gasteiger partial charge < -0.3 is 9.64 Å². The molecule has 0 saturated carbocycles. The second-order valence-corrected chi connectivity index (χ2v) is 6.40. The molecular weight excluding hydrogens is 308 g/mol. The van der Waals surface area contributed by atoms with Gasteiger partial charge in [0, 0.05) is 44.4 Å². The van der Waals surface area contributed by atoms with Gasteiger partial charge in [0.05, 0.1) is 18.2 Å². The molecule has 1 fully saturated rings. The molecular formula is C16H24N6O2. The number of hydrogen-bond acceptors (Lipinski definition) is 5. The number of hydrogen-bond donors (Lipinski definition) is 1. The van der Waals surface area contributed by atoms with Crippen molar-refractivity contribution in [2.75, 3.05) is 20.2 Å². The predicted molar refractivity (Wildman–Crippen MR) is 87.5 cm³/mol. The average molecular weight is 332 g/mol. The highest BCUT2D eigenvalue weighted by Crippen LogP contribution is 2.29. The lowest BCUT2D eigenvalue weighted by atomic mass is 10.00. The lowest BCUT2D eigenvalue weighted by Gasteiger charge is -2.24. The first-order valence-corrected chi connectivity index (χ1v) is 8.17. The lowest BCUT2D eigenvalue weighted by Crippen LogP contribution is -2.37. The van der Waals surface area contributed by atoms with E-state index in [1.54, 1.807) is 4.90 Å². The fourth-order valence-electron chi connectivity index (χ4n) is 3.27. The first kappa shape index (κ1) is 16.6. The minimum absolute atomic E-state index is 0.0528. The molecule has 1 aliphatic heterocycles. The minimum atomic E-state index is -0.0528. The molecule has 2 atom stereocenters. The molecule has 0 radical (unpaired) electrons. The molecule has 1 aliphatic rings. The van der Waals surface area contributed by atoms with Crippen LogP contribution in [0.2, 0.25) is 0 Å². The van der Waals surface area contributed by atoms with E-state index in [4.69, 9.17) is 4.74 Å². The van der Waals surface area contributed by atoms with Crippen LogP contribution in [0.3, 0.4) is 0 Å². The van der Waals surface area contributed by atoms with Gasteiger partial charge in [-0.05, 0) is 20.3 Å². The number of nitrogens with zero attached hydrogens (tertiary/aromatic N) is 5. The molecule has 0 aliphatic carbocycles. The number of ether oxygens (including phenoxy) is 1. The number of nitrogens with one attached hydrogen (secondary N) is 1. The zero-order valence-electron chi connectivity index (χ0n) is 14.6. The number of aromatic nitrogens is 5. The van der Waals surface area contributed by atoms with Gasteiger partial charge in [-0.2, -0.15) is 10.2 Å². The summed E-state index contributed by atoms with van der Waals surface area (Å²) in [5.41, 5.74) is 2.95. The number of H-pyrrole nitrogens is 1. The maximum atomic E-state index is 12.6. The molecule has 0 bridgehead atoms. The average Bonchev–Trinajstić information content (AvgIpc) is 3.25. The van der Waals surface area contributed by atoms with Gasteiger partial charge in [-0.15, -0.1) is 0 Å². The van der Waals surface area contributed by atoms with Crippen LogP contribution in [-0.4, -0.2) is 62.1 Å². The molecule has 2 aromatic rings. The molecule has 1 amide bonds. The second kappa shape index (κ2) is 6.72. The molecule has 1 N–H and O–H groups in total. The summed E-state index contributed by atoms with van der Waals surface area (Å²) in [7, 11) is 3.72. The monoisotopic (exact) mass is 332 g/mol. The number of aryl methyl sites for hydroxylation is 2. The highest BCUT2D eigenvalue weighted by molar-refractivity contribution is 5.79. The van der Waals surface area contributed by atoms with Crippen LogP contribution in [-0.2, 0) is 23.0 Å². The van der Waals surface area contributed by atoms with Crippen molar-refractivity contribution in [3.8, 4) is 0 Å². The third-order valence-corrected chi connectivity index (χ3v) is 4.86. The molecule has 8 heteroatoms. The van der Waals surface area contributed by atoms with E-state index in [9.17, 15) is 4.79 Å². The van der Waals surface area contributed by atoms with Gasteiger partial charge in [-0.3, -0.25) is 14.6 Å². The van der Waals surface area contributed by atoms with Crippen LogP contribution in [0.15, 0.2) is 6.33 Å². The SMILES string of the molecule is Cc1nn(C)c(C)c1CC(=O)N(C)C[C@H]1OCC[C@H]1c1ncn[nH]1. The maximum absolute atomic E-state index is 12.6. The van der Waals surface area contributed by atoms with Gasteiger partial charge in [0.15, 0.2) is 0 Å². The van der Waals surface area contributed by atoms with Crippen molar-refractivity contribution in [1.82, 2.24) is 29.9 Å². The normalized spacial score (nSPS) is 20.5. The molecule has 3 rings (SSSR count). The van der Waals surface area contributed by atoms with Crippen LogP contribution in [0.25, 0.3) is 0 Å². The molecule has 3 heterocycles. The molecule has 130 valence electrons. The van der Waals surface area contributed by atoms with Crippen molar-refractivity contribution in [2.24, 2.45) is 7.05 Å². The Hall–Kier alpha value is -2.22. The summed E-state index contributed by atoms with van der Waals surface area (Å²) < 4.78 is 7.63. The van der Waals surface area contributed by atoms with E-state index < -0.39 is 0 Å². The second-order valence-electron chi connectivity index (χ2n) is 6.40. The van der Waals surface area contributed by atoms with E-state index in [1.807, 2.05) is 32.6 Å². The maximum Gasteiger partial charge on any atom is 0.226 e. The Morgan fingerprint density at radius 3 is 2.92 bits per heavy atom. The van der Waals surface area contributed by atoms with Crippen LogP contribution < -0.4 is 0 Å². The van der Waals surface area contributed by atoms with Gasteiger partial charge in [0.25, 0.3) is 0 Å². The van der Waals surface area contributed by atoms with Crippen LogP contribution in [0.5, 0.6) is 0 Å². The summed E-state index contributed by atoms with van der Waals surface area (Å²) in [6.07, 6.45) is 2.71. The van der Waals surface area contributed by atoms with Crippen LogP contribution in [0.4, 0.5) is 0 Å². The van der Waals surface area contributed by atoms with Crippen molar-refractivity contribution in [3.63, 3.8) is 0 Å². The molecule has 8 nitrogen and oxygen atoms in total. The first-order valence-electron chi connectivity index (χ1n) is 8.17. The molecule has 0 spiro atoms. The fourth-order valence-corrected chi connectivity index (χ4v) is 3.27. The summed E-state index contributed by atoms with van der Waals surface area (Å²) >= 11 is 0. The zero-order valence-corrected chi connectivity index (χ0v) is 14.6. The molecule has 2 aromatic heterocycles. The van der Waals surface area contributed by atoms with Gasteiger partial charge in [-0.1, -0.05) is 0 Å². The van der Waals surface area contributed by atoms with E-state index in [1.165, 1.54) is 6.33 Å². The standard InChI is InChI=1S/C16H24N6O2/c1-10-13(11(2)22(4)20-10)7-15(23)21(3)8-14-12(5-6-24-14)16-17-9-18-19-16/h9,12,14H,5-8H2,1-4H3,(H,17,18,19)/t12-,14-/m1/s1. The van der Waals surface area contributed by atoms with Gasteiger partial charge in [-0.25, -0.2) is 4.98 Å². The summed E-state index contributed by atoms with van der Waals surface area (Å²) in [5, 5.41) is 11.2. The largest absolute Gasteiger partial charge is 0.376 e. The van der Waals surface area contributed by atoms with Crippen molar-refractivity contribution < 1.29 is 9.53 Å². The molecule has 24 heavy (non-hydrogen) atoms.